The third-order valence-electron chi connectivity index (χ3n) is 7.85. The molecule has 1 fully saturated rings. The maximum absolute atomic E-state index is 13.4. The van der Waals surface area contributed by atoms with Crippen LogP contribution in [0, 0.1) is 0 Å². The molecule has 10 heteroatoms. The van der Waals surface area contributed by atoms with Crippen molar-refractivity contribution in [3.8, 4) is 11.5 Å². The predicted octanol–water partition coefficient (Wildman–Crippen LogP) is 5.42. The molecule has 4 N–H and O–H groups in total. The van der Waals surface area contributed by atoms with Crippen LogP contribution in [0.25, 0.3) is 23.1 Å². The SMILES string of the molecule is CCOC(=O)c1cn(C2CCCCC2)c2cc(/C=C/c3cc(Cc4cnc(N)nc4N)cc(OC)c3OC)ccc2c1=O. The number of carbonyl (C=O) groups is 1. The molecule has 224 valence electrons. The summed E-state index contributed by atoms with van der Waals surface area (Å²) in [4.78, 5) is 34.2. The number of hydrogen-bond acceptors (Lipinski definition) is 9. The maximum Gasteiger partial charge on any atom is 0.343 e. The summed E-state index contributed by atoms with van der Waals surface area (Å²) in [5.74, 6) is 1.02. The minimum absolute atomic E-state index is 0.0731. The van der Waals surface area contributed by atoms with E-state index < -0.39 is 5.97 Å². The van der Waals surface area contributed by atoms with Crippen molar-refractivity contribution in [3.05, 3.63) is 80.8 Å². The Balaban J connectivity index is 1.56. The van der Waals surface area contributed by atoms with Gasteiger partial charge in [-0.1, -0.05) is 37.5 Å². The molecule has 2 aromatic heterocycles. The first-order valence-corrected chi connectivity index (χ1v) is 14.5. The second-order valence-corrected chi connectivity index (χ2v) is 10.6. The molecule has 0 radical (unpaired) electrons. The minimum Gasteiger partial charge on any atom is -0.493 e. The quantitative estimate of drug-likeness (QED) is 0.195. The number of fused-ring (bicyclic) bond motifs is 1. The molecule has 0 spiro atoms. The third kappa shape index (κ3) is 6.33. The van der Waals surface area contributed by atoms with E-state index in [2.05, 4.69) is 14.5 Å². The first kappa shape index (κ1) is 29.6. The van der Waals surface area contributed by atoms with Crippen LogP contribution in [0.1, 0.15) is 77.7 Å². The van der Waals surface area contributed by atoms with Crippen molar-refractivity contribution in [1.29, 1.82) is 0 Å². The van der Waals surface area contributed by atoms with Crippen LogP contribution in [0.3, 0.4) is 0 Å². The first-order valence-electron chi connectivity index (χ1n) is 14.5. The number of aromatic nitrogens is 3. The number of pyridine rings is 1. The molecule has 1 aliphatic carbocycles. The summed E-state index contributed by atoms with van der Waals surface area (Å²) in [6, 6.07) is 9.76. The molecular weight excluding hydrogens is 546 g/mol. The standard InChI is InChI=1S/C33H37N5O5/c1-4-43-32(40)26-19-38(24-8-6-5-7-9-24)27-16-20(11-13-25(27)29(26)39)10-12-22-14-21(17-28(41-2)30(22)42-3)15-23-18-36-33(35)37-31(23)34/h10-14,16-19,24H,4-9,15H2,1-3H3,(H4,34,35,36,37)/b12-10+. The lowest BCUT2D eigenvalue weighted by atomic mass is 9.94. The highest BCUT2D eigenvalue weighted by Gasteiger charge is 2.22. The molecule has 5 rings (SSSR count). The van der Waals surface area contributed by atoms with Crippen molar-refractivity contribution in [2.24, 2.45) is 0 Å². The number of hydrogen-bond donors (Lipinski definition) is 2. The smallest absolute Gasteiger partial charge is 0.343 e. The highest BCUT2D eigenvalue weighted by atomic mass is 16.5. The molecule has 4 aromatic rings. The summed E-state index contributed by atoms with van der Waals surface area (Å²) in [5, 5.41) is 0.498. The van der Waals surface area contributed by atoms with E-state index in [1.807, 2.05) is 36.4 Å². The lowest BCUT2D eigenvalue weighted by Gasteiger charge is -2.27. The van der Waals surface area contributed by atoms with Crippen LogP contribution < -0.4 is 26.4 Å². The van der Waals surface area contributed by atoms with Crippen LogP contribution in [0.5, 0.6) is 11.5 Å². The Morgan fingerprint density at radius 3 is 2.56 bits per heavy atom. The van der Waals surface area contributed by atoms with Gasteiger partial charge in [-0.05, 0) is 55.2 Å². The first-order chi connectivity index (χ1) is 20.8. The van der Waals surface area contributed by atoms with Crippen LogP contribution in [-0.4, -0.2) is 41.3 Å². The molecule has 1 saturated carbocycles. The summed E-state index contributed by atoms with van der Waals surface area (Å²) in [6.45, 7) is 1.94. The van der Waals surface area contributed by atoms with Crippen molar-refractivity contribution < 1.29 is 19.0 Å². The topological polar surface area (TPSA) is 145 Å². The lowest BCUT2D eigenvalue weighted by Crippen LogP contribution is -2.23. The van der Waals surface area contributed by atoms with Gasteiger partial charge in [-0.15, -0.1) is 0 Å². The second kappa shape index (κ2) is 13.0. The predicted molar refractivity (Wildman–Crippen MR) is 168 cm³/mol. The monoisotopic (exact) mass is 583 g/mol. The Kier molecular flexibility index (Phi) is 8.94. The summed E-state index contributed by atoms with van der Waals surface area (Å²) < 4.78 is 18.7. The van der Waals surface area contributed by atoms with E-state index >= 15 is 0 Å². The van der Waals surface area contributed by atoms with Crippen molar-refractivity contribution in [3.63, 3.8) is 0 Å². The Labute approximate surface area is 250 Å². The number of anilines is 2. The normalized spacial score (nSPS) is 13.8. The fourth-order valence-electron chi connectivity index (χ4n) is 5.74. The van der Waals surface area contributed by atoms with E-state index in [0.717, 1.165) is 53.5 Å². The minimum atomic E-state index is -0.587. The summed E-state index contributed by atoms with van der Waals surface area (Å²) in [7, 11) is 3.19. The summed E-state index contributed by atoms with van der Waals surface area (Å²) >= 11 is 0. The Morgan fingerprint density at radius 1 is 1.07 bits per heavy atom. The van der Waals surface area contributed by atoms with Gasteiger partial charge in [0.05, 0.1) is 26.3 Å². The van der Waals surface area contributed by atoms with Gasteiger partial charge in [-0.3, -0.25) is 4.79 Å². The number of methoxy groups -OCH3 is 2. The number of rotatable bonds is 9. The molecule has 0 atom stereocenters. The average Bonchev–Trinajstić information content (AvgIpc) is 3.01. The molecule has 0 saturated heterocycles. The highest BCUT2D eigenvalue weighted by Crippen LogP contribution is 2.35. The molecule has 1 aliphatic rings. The molecule has 0 bridgehead atoms. The average molecular weight is 584 g/mol. The van der Waals surface area contributed by atoms with E-state index in [9.17, 15) is 9.59 Å². The highest BCUT2D eigenvalue weighted by molar-refractivity contribution is 5.94. The molecule has 10 nitrogen and oxygen atoms in total. The number of esters is 1. The number of benzene rings is 2. The zero-order valence-corrected chi connectivity index (χ0v) is 24.8. The Morgan fingerprint density at radius 2 is 1.86 bits per heavy atom. The molecule has 2 heterocycles. The number of carbonyl (C=O) groups excluding carboxylic acids is 1. The molecule has 43 heavy (non-hydrogen) atoms. The van der Waals surface area contributed by atoms with Crippen LogP contribution in [0.2, 0.25) is 0 Å². The van der Waals surface area contributed by atoms with Gasteiger partial charge in [0.25, 0.3) is 0 Å². The third-order valence-corrected chi connectivity index (χ3v) is 7.85. The number of nitrogens with two attached hydrogens (primary N) is 2. The zero-order valence-electron chi connectivity index (χ0n) is 24.8. The fourth-order valence-corrected chi connectivity index (χ4v) is 5.74. The molecule has 0 aliphatic heterocycles. The van der Waals surface area contributed by atoms with Crippen LogP contribution in [0.4, 0.5) is 11.8 Å². The largest absolute Gasteiger partial charge is 0.493 e. The van der Waals surface area contributed by atoms with Crippen molar-refractivity contribution in [1.82, 2.24) is 14.5 Å². The van der Waals surface area contributed by atoms with E-state index in [-0.39, 0.29) is 29.6 Å². The Hall–Kier alpha value is -4.86. The van der Waals surface area contributed by atoms with Gasteiger partial charge < -0.3 is 30.2 Å². The van der Waals surface area contributed by atoms with Gasteiger partial charge in [0.15, 0.2) is 11.5 Å². The summed E-state index contributed by atoms with van der Waals surface area (Å²) in [5.41, 5.74) is 15.7. The van der Waals surface area contributed by atoms with Crippen LogP contribution in [0.15, 0.2) is 47.5 Å². The van der Waals surface area contributed by atoms with E-state index in [0.29, 0.717) is 29.1 Å². The fraction of sp³-hybridized carbons (Fsp3) is 0.333. The zero-order chi connectivity index (χ0) is 30.5. The van der Waals surface area contributed by atoms with Gasteiger partial charge in [0, 0.05) is 41.4 Å². The van der Waals surface area contributed by atoms with Gasteiger partial charge in [-0.25, -0.2) is 9.78 Å². The van der Waals surface area contributed by atoms with Crippen molar-refractivity contribution in [2.45, 2.75) is 51.5 Å². The van der Waals surface area contributed by atoms with Crippen LogP contribution >= 0.6 is 0 Å². The molecule has 0 unspecified atom stereocenters. The maximum atomic E-state index is 13.4. The molecular formula is C33H37N5O5. The van der Waals surface area contributed by atoms with E-state index in [1.54, 1.807) is 39.6 Å². The second-order valence-electron chi connectivity index (χ2n) is 10.6. The van der Waals surface area contributed by atoms with Gasteiger partial charge in [-0.2, -0.15) is 4.98 Å². The van der Waals surface area contributed by atoms with E-state index in [4.69, 9.17) is 25.7 Å². The van der Waals surface area contributed by atoms with Gasteiger partial charge in [0.1, 0.15) is 11.4 Å². The van der Waals surface area contributed by atoms with Gasteiger partial charge >= 0.3 is 5.97 Å². The van der Waals surface area contributed by atoms with Crippen molar-refractivity contribution in [2.75, 3.05) is 32.3 Å². The van der Waals surface area contributed by atoms with E-state index in [1.165, 1.54) is 6.42 Å². The molecule has 2 aromatic carbocycles. The van der Waals surface area contributed by atoms with Crippen LogP contribution in [-0.2, 0) is 11.2 Å². The Bertz CT molecular complexity index is 1740. The lowest BCUT2D eigenvalue weighted by molar-refractivity contribution is 0.0524. The number of nitrogens with zero attached hydrogens (tertiary/aromatic N) is 3. The summed E-state index contributed by atoms with van der Waals surface area (Å²) in [6.07, 6.45) is 13.1. The number of ether oxygens (including phenoxy) is 3. The molecule has 0 amide bonds. The number of nitrogen functional groups attached to an aromatic ring is 2. The van der Waals surface area contributed by atoms with Crippen molar-refractivity contribution >= 4 is 40.8 Å². The van der Waals surface area contributed by atoms with Gasteiger partial charge in [0.2, 0.25) is 11.4 Å².